The van der Waals surface area contributed by atoms with Crippen LogP contribution in [0.2, 0.25) is 0 Å². The molecule has 0 amide bonds. The van der Waals surface area contributed by atoms with Crippen LogP contribution in [0.5, 0.6) is 0 Å². The van der Waals surface area contributed by atoms with Crippen LogP contribution in [0.25, 0.3) is 0 Å². The summed E-state index contributed by atoms with van der Waals surface area (Å²) in [5.41, 5.74) is 0. The molecular weight excluding hydrogens is 178 g/mol. The van der Waals surface area contributed by atoms with Gasteiger partial charge in [0, 0.05) is 12.5 Å². The molecule has 0 saturated carbocycles. The topological polar surface area (TPSA) is 41.5 Å². The van der Waals surface area contributed by atoms with Gasteiger partial charge in [0.1, 0.15) is 0 Å². The maximum Gasteiger partial charge on any atom is 0.0840 e. The van der Waals surface area contributed by atoms with E-state index in [0.717, 1.165) is 13.0 Å². The zero-order chi connectivity index (χ0) is 10.7. The van der Waals surface area contributed by atoms with Crippen molar-refractivity contribution in [1.29, 1.82) is 0 Å². The first-order chi connectivity index (χ1) is 6.56. The van der Waals surface area contributed by atoms with Crippen molar-refractivity contribution in [3.05, 3.63) is 0 Å². The summed E-state index contributed by atoms with van der Waals surface area (Å²) in [5.74, 6) is 0.862. The number of hydrogen-bond donors (Lipinski definition) is 2. The van der Waals surface area contributed by atoms with Crippen molar-refractivity contribution in [2.45, 2.75) is 45.5 Å². The van der Waals surface area contributed by atoms with E-state index in [1.54, 1.807) is 0 Å². The van der Waals surface area contributed by atoms with Crippen LogP contribution in [0.1, 0.15) is 27.2 Å². The summed E-state index contributed by atoms with van der Waals surface area (Å²) < 4.78 is 5.76. The molecule has 0 aromatic rings. The Labute approximate surface area is 86.8 Å². The van der Waals surface area contributed by atoms with Crippen LogP contribution in [-0.4, -0.2) is 37.0 Å². The average molecular weight is 201 g/mol. The van der Waals surface area contributed by atoms with Crippen molar-refractivity contribution in [1.82, 2.24) is 5.32 Å². The van der Waals surface area contributed by atoms with Crippen LogP contribution in [0.4, 0.5) is 0 Å². The minimum Gasteiger partial charge on any atom is -0.390 e. The molecule has 1 fully saturated rings. The van der Waals surface area contributed by atoms with Crippen LogP contribution in [0, 0.1) is 11.8 Å². The zero-order valence-electron chi connectivity index (χ0n) is 9.66. The number of ether oxygens (including phenoxy) is 1. The van der Waals surface area contributed by atoms with Crippen molar-refractivity contribution in [2.24, 2.45) is 11.8 Å². The first kappa shape index (κ1) is 12.0. The van der Waals surface area contributed by atoms with Gasteiger partial charge >= 0.3 is 0 Å². The third kappa shape index (κ3) is 2.69. The first-order valence-corrected chi connectivity index (χ1v) is 5.54. The molecule has 14 heavy (non-hydrogen) atoms. The minimum absolute atomic E-state index is 0.0329. The summed E-state index contributed by atoms with van der Waals surface area (Å²) in [6.45, 7) is 7.18. The third-order valence-electron chi connectivity index (χ3n) is 3.10. The summed E-state index contributed by atoms with van der Waals surface area (Å²) in [6, 6.07) is 0. The Morgan fingerprint density at radius 3 is 2.64 bits per heavy atom. The highest BCUT2D eigenvalue weighted by atomic mass is 16.5. The fourth-order valence-corrected chi connectivity index (χ4v) is 2.13. The van der Waals surface area contributed by atoms with Crippen LogP contribution in [0.3, 0.4) is 0 Å². The van der Waals surface area contributed by atoms with E-state index >= 15 is 0 Å². The Balaban J connectivity index is 2.56. The fraction of sp³-hybridized carbons (Fsp3) is 1.00. The Kier molecular flexibility index (Phi) is 4.35. The second-order valence-corrected chi connectivity index (χ2v) is 4.67. The smallest absolute Gasteiger partial charge is 0.0840 e. The van der Waals surface area contributed by atoms with Gasteiger partial charge in [-0.3, -0.25) is 0 Å². The van der Waals surface area contributed by atoms with E-state index < -0.39 is 0 Å². The molecule has 0 spiro atoms. The largest absolute Gasteiger partial charge is 0.390 e. The van der Waals surface area contributed by atoms with Gasteiger partial charge in [-0.15, -0.1) is 0 Å². The van der Waals surface area contributed by atoms with Crippen molar-refractivity contribution in [2.75, 3.05) is 13.6 Å². The number of hydrogen-bond acceptors (Lipinski definition) is 3. The SMILES string of the molecule is CNCC1CC(C(C)C)OC(C)C1O. The van der Waals surface area contributed by atoms with E-state index in [9.17, 15) is 5.11 Å². The lowest BCUT2D eigenvalue weighted by Crippen LogP contribution is -2.48. The molecule has 4 atom stereocenters. The first-order valence-electron chi connectivity index (χ1n) is 5.54. The van der Waals surface area contributed by atoms with Gasteiger partial charge in [0.05, 0.1) is 18.3 Å². The van der Waals surface area contributed by atoms with E-state index in [1.807, 2.05) is 14.0 Å². The summed E-state index contributed by atoms with van der Waals surface area (Å²) in [6.07, 6.45) is 0.906. The molecule has 0 radical (unpaired) electrons. The standard InChI is InChI=1S/C11H23NO2/c1-7(2)10-5-9(6-12-4)11(13)8(3)14-10/h7-13H,5-6H2,1-4H3. The number of aliphatic hydroxyl groups excluding tert-OH is 1. The van der Waals surface area contributed by atoms with Crippen molar-refractivity contribution < 1.29 is 9.84 Å². The normalized spacial score (nSPS) is 39.0. The minimum atomic E-state index is -0.322. The average Bonchev–Trinajstić information content (AvgIpc) is 2.12. The predicted molar refractivity (Wildman–Crippen MR) is 57.2 cm³/mol. The van der Waals surface area contributed by atoms with Gasteiger partial charge in [-0.05, 0) is 26.3 Å². The van der Waals surface area contributed by atoms with Gasteiger partial charge < -0.3 is 15.2 Å². The van der Waals surface area contributed by atoms with Crippen LogP contribution in [-0.2, 0) is 4.74 Å². The quantitative estimate of drug-likeness (QED) is 0.716. The van der Waals surface area contributed by atoms with E-state index in [1.165, 1.54) is 0 Å². The molecule has 1 rings (SSSR count). The highest BCUT2D eigenvalue weighted by Crippen LogP contribution is 2.28. The monoisotopic (exact) mass is 201 g/mol. The van der Waals surface area contributed by atoms with Crippen LogP contribution in [0.15, 0.2) is 0 Å². The Morgan fingerprint density at radius 1 is 1.50 bits per heavy atom. The molecule has 3 nitrogen and oxygen atoms in total. The van der Waals surface area contributed by atoms with Crippen LogP contribution >= 0.6 is 0 Å². The van der Waals surface area contributed by atoms with Crippen molar-refractivity contribution in [3.8, 4) is 0 Å². The lowest BCUT2D eigenvalue weighted by atomic mass is 9.85. The second kappa shape index (κ2) is 5.10. The highest BCUT2D eigenvalue weighted by Gasteiger charge is 2.35. The maximum atomic E-state index is 9.90. The zero-order valence-corrected chi connectivity index (χ0v) is 9.66. The molecule has 1 saturated heterocycles. The summed E-state index contributed by atoms with van der Waals surface area (Å²) >= 11 is 0. The number of nitrogens with one attached hydrogen (secondary N) is 1. The molecule has 2 N–H and O–H groups in total. The van der Waals surface area contributed by atoms with E-state index in [0.29, 0.717) is 17.9 Å². The third-order valence-corrected chi connectivity index (χ3v) is 3.10. The molecule has 84 valence electrons. The summed E-state index contributed by atoms with van der Waals surface area (Å²) in [7, 11) is 1.93. The van der Waals surface area contributed by atoms with Gasteiger partial charge in [0.25, 0.3) is 0 Å². The van der Waals surface area contributed by atoms with Gasteiger partial charge in [0.15, 0.2) is 0 Å². The Hall–Kier alpha value is -0.120. The summed E-state index contributed by atoms with van der Waals surface area (Å²) in [4.78, 5) is 0. The van der Waals surface area contributed by atoms with Crippen molar-refractivity contribution in [3.63, 3.8) is 0 Å². The van der Waals surface area contributed by atoms with Gasteiger partial charge in [0.2, 0.25) is 0 Å². The molecule has 3 heteroatoms. The number of rotatable bonds is 3. The van der Waals surface area contributed by atoms with E-state index in [4.69, 9.17) is 4.74 Å². The van der Waals surface area contributed by atoms with Crippen LogP contribution < -0.4 is 5.32 Å². The molecule has 0 aromatic carbocycles. The Bertz CT molecular complexity index is 173. The molecule has 1 aliphatic heterocycles. The predicted octanol–water partition coefficient (Wildman–Crippen LogP) is 1.02. The molecule has 1 heterocycles. The van der Waals surface area contributed by atoms with E-state index in [-0.39, 0.29) is 12.2 Å². The molecule has 0 aromatic heterocycles. The number of aliphatic hydroxyl groups is 1. The Morgan fingerprint density at radius 2 is 2.14 bits per heavy atom. The fourth-order valence-electron chi connectivity index (χ4n) is 2.13. The van der Waals surface area contributed by atoms with Gasteiger partial charge in [-0.2, -0.15) is 0 Å². The molecule has 4 unspecified atom stereocenters. The molecule has 0 aliphatic carbocycles. The van der Waals surface area contributed by atoms with Gasteiger partial charge in [-0.1, -0.05) is 13.8 Å². The molecular formula is C11H23NO2. The molecule has 1 aliphatic rings. The van der Waals surface area contributed by atoms with Gasteiger partial charge in [-0.25, -0.2) is 0 Å². The molecule has 0 bridgehead atoms. The van der Waals surface area contributed by atoms with Crippen molar-refractivity contribution >= 4 is 0 Å². The lowest BCUT2D eigenvalue weighted by molar-refractivity contribution is -0.148. The highest BCUT2D eigenvalue weighted by molar-refractivity contribution is 4.85. The second-order valence-electron chi connectivity index (χ2n) is 4.67. The maximum absolute atomic E-state index is 9.90. The lowest BCUT2D eigenvalue weighted by Gasteiger charge is -2.39. The van der Waals surface area contributed by atoms with E-state index in [2.05, 4.69) is 19.2 Å². The summed E-state index contributed by atoms with van der Waals surface area (Å²) in [5, 5.41) is 13.0.